The standard InChI is InChI=1S/C15H10BrClN2S/c1-9-13(10-5-3-2-4-6-10)18-15(19-14(9)17)12-7-11(16)8-20-12/h2-8H,1H3. The van der Waals surface area contributed by atoms with Crippen molar-refractivity contribution in [2.45, 2.75) is 6.92 Å². The average molecular weight is 366 g/mol. The van der Waals surface area contributed by atoms with Gasteiger partial charge in [-0.25, -0.2) is 9.97 Å². The van der Waals surface area contributed by atoms with E-state index < -0.39 is 0 Å². The minimum atomic E-state index is 0.498. The Kier molecular flexibility index (Phi) is 3.87. The van der Waals surface area contributed by atoms with Crippen LogP contribution in [0.25, 0.3) is 22.0 Å². The molecule has 0 fully saturated rings. The molecule has 0 aliphatic carbocycles. The maximum atomic E-state index is 6.27. The van der Waals surface area contributed by atoms with Crippen molar-refractivity contribution in [2.24, 2.45) is 0 Å². The second-order valence-electron chi connectivity index (χ2n) is 4.31. The van der Waals surface area contributed by atoms with Gasteiger partial charge in [-0.05, 0) is 28.9 Å². The third kappa shape index (κ3) is 2.64. The highest BCUT2D eigenvalue weighted by Gasteiger charge is 2.13. The van der Waals surface area contributed by atoms with Gasteiger partial charge in [-0.15, -0.1) is 11.3 Å². The molecule has 3 rings (SSSR count). The van der Waals surface area contributed by atoms with Crippen LogP contribution >= 0.6 is 38.9 Å². The summed E-state index contributed by atoms with van der Waals surface area (Å²) in [4.78, 5) is 10.1. The molecule has 20 heavy (non-hydrogen) atoms. The van der Waals surface area contributed by atoms with Crippen molar-refractivity contribution in [2.75, 3.05) is 0 Å². The van der Waals surface area contributed by atoms with Crippen LogP contribution in [0, 0.1) is 6.92 Å². The highest BCUT2D eigenvalue weighted by Crippen LogP contribution is 2.32. The predicted molar refractivity (Wildman–Crippen MR) is 88.2 cm³/mol. The third-order valence-electron chi connectivity index (χ3n) is 2.92. The number of benzene rings is 1. The molecule has 0 saturated heterocycles. The van der Waals surface area contributed by atoms with E-state index in [1.165, 1.54) is 0 Å². The molecule has 0 radical (unpaired) electrons. The van der Waals surface area contributed by atoms with Crippen molar-refractivity contribution >= 4 is 38.9 Å². The van der Waals surface area contributed by atoms with E-state index in [0.29, 0.717) is 11.0 Å². The highest BCUT2D eigenvalue weighted by atomic mass is 79.9. The van der Waals surface area contributed by atoms with Crippen molar-refractivity contribution in [3.05, 3.63) is 57.0 Å². The quantitative estimate of drug-likeness (QED) is 0.553. The Labute approximate surface area is 134 Å². The number of halogens is 2. The summed E-state index contributed by atoms with van der Waals surface area (Å²) in [6, 6.07) is 12.0. The highest BCUT2D eigenvalue weighted by molar-refractivity contribution is 9.10. The van der Waals surface area contributed by atoms with Crippen molar-refractivity contribution in [3.63, 3.8) is 0 Å². The number of hydrogen-bond acceptors (Lipinski definition) is 3. The van der Waals surface area contributed by atoms with Crippen LogP contribution in [0.3, 0.4) is 0 Å². The zero-order valence-electron chi connectivity index (χ0n) is 10.6. The Morgan fingerprint density at radius 3 is 2.55 bits per heavy atom. The molecule has 0 saturated carbocycles. The van der Waals surface area contributed by atoms with Crippen LogP contribution < -0.4 is 0 Å². The third-order valence-corrected chi connectivity index (χ3v) is 4.98. The van der Waals surface area contributed by atoms with Gasteiger partial charge in [0.1, 0.15) is 5.15 Å². The Morgan fingerprint density at radius 2 is 1.90 bits per heavy atom. The van der Waals surface area contributed by atoms with Crippen molar-refractivity contribution < 1.29 is 0 Å². The van der Waals surface area contributed by atoms with Gasteiger partial charge in [0.05, 0.1) is 10.6 Å². The number of aromatic nitrogens is 2. The zero-order valence-corrected chi connectivity index (χ0v) is 13.8. The minimum absolute atomic E-state index is 0.498. The van der Waals surface area contributed by atoms with Gasteiger partial charge in [-0.3, -0.25) is 0 Å². The number of rotatable bonds is 2. The molecule has 3 aromatic rings. The SMILES string of the molecule is Cc1c(Cl)nc(-c2cc(Br)cs2)nc1-c1ccccc1. The molecule has 0 unspecified atom stereocenters. The monoisotopic (exact) mass is 364 g/mol. The molecular weight excluding hydrogens is 356 g/mol. The summed E-state index contributed by atoms with van der Waals surface area (Å²) in [7, 11) is 0. The fourth-order valence-corrected chi connectivity index (χ4v) is 3.44. The first kappa shape index (κ1) is 13.7. The lowest BCUT2D eigenvalue weighted by molar-refractivity contribution is 1.15. The molecule has 0 aliphatic rings. The molecule has 0 N–H and O–H groups in total. The lowest BCUT2D eigenvalue weighted by Crippen LogP contribution is -1.96. The van der Waals surface area contributed by atoms with Crippen molar-refractivity contribution in [3.8, 4) is 22.0 Å². The van der Waals surface area contributed by atoms with Crippen LogP contribution in [0.2, 0.25) is 5.15 Å². The Morgan fingerprint density at radius 1 is 1.15 bits per heavy atom. The van der Waals surface area contributed by atoms with Gasteiger partial charge < -0.3 is 0 Å². The molecule has 2 nitrogen and oxygen atoms in total. The second kappa shape index (κ2) is 5.64. The Balaban J connectivity index is 2.18. The summed E-state index contributed by atoms with van der Waals surface area (Å²) < 4.78 is 1.03. The number of nitrogens with zero attached hydrogens (tertiary/aromatic N) is 2. The topological polar surface area (TPSA) is 25.8 Å². The zero-order chi connectivity index (χ0) is 14.1. The van der Waals surface area contributed by atoms with Crippen molar-refractivity contribution in [1.29, 1.82) is 0 Å². The van der Waals surface area contributed by atoms with Gasteiger partial charge in [0.25, 0.3) is 0 Å². The lowest BCUT2D eigenvalue weighted by Gasteiger charge is -2.08. The average Bonchev–Trinajstić information content (AvgIpc) is 2.89. The first-order valence-corrected chi connectivity index (χ1v) is 8.04. The van der Waals surface area contributed by atoms with Crippen LogP contribution in [0.1, 0.15) is 5.56 Å². The van der Waals surface area contributed by atoms with E-state index >= 15 is 0 Å². The van der Waals surface area contributed by atoms with E-state index in [4.69, 9.17) is 11.6 Å². The van der Waals surface area contributed by atoms with Gasteiger partial charge >= 0.3 is 0 Å². The van der Waals surface area contributed by atoms with Gasteiger partial charge in [0, 0.05) is 21.0 Å². The number of hydrogen-bond donors (Lipinski definition) is 0. The van der Waals surface area contributed by atoms with E-state index in [0.717, 1.165) is 26.2 Å². The summed E-state index contributed by atoms with van der Waals surface area (Å²) in [5.74, 6) is 0.662. The van der Waals surface area contributed by atoms with E-state index in [1.54, 1.807) is 11.3 Å². The second-order valence-corrected chi connectivity index (χ2v) is 6.49. The molecule has 0 atom stereocenters. The molecular formula is C15H10BrClN2S. The molecule has 5 heteroatoms. The first-order chi connectivity index (χ1) is 9.65. The fraction of sp³-hybridized carbons (Fsp3) is 0.0667. The molecule has 0 spiro atoms. The first-order valence-electron chi connectivity index (χ1n) is 5.99. The predicted octanol–water partition coefficient (Wildman–Crippen LogP) is 5.60. The van der Waals surface area contributed by atoms with Gasteiger partial charge in [0.15, 0.2) is 5.82 Å². The summed E-state index contributed by atoms with van der Waals surface area (Å²) in [6.45, 7) is 1.94. The van der Waals surface area contributed by atoms with E-state index in [1.807, 2.05) is 48.7 Å². The van der Waals surface area contributed by atoms with E-state index in [2.05, 4.69) is 25.9 Å². The van der Waals surface area contributed by atoms with E-state index in [9.17, 15) is 0 Å². The lowest BCUT2D eigenvalue weighted by atomic mass is 10.1. The Hall–Kier alpha value is -1.23. The minimum Gasteiger partial charge on any atom is -0.227 e. The Bertz CT molecular complexity index is 756. The molecule has 0 amide bonds. The fourth-order valence-electron chi connectivity index (χ4n) is 1.91. The summed E-state index contributed by atoms with van der Waals surface area (Å²) >= 11 is 11.3. The molecule has 0 bridgehead atoms. The van der Waals surface area contributed by atoms with E-state index in [-0.39, 0.29) is 0 Å². The maximum absolute atomic E-state index is 6.27. The molecule has 1 aromatic carbocycles. The van der Waals surface area contributed by atoms with Gasteiger partial charge in [0.2, 0.25) is 0 Å². The molecule has 100 valence electrons. The largest absolute Gasteiger partial charge is 0.227 e. The van der Waals surface area contributed by atoms with Crippen LogP contribution in [0.4, 0.5) is 0 Å². The molecule has 2 aromatic heterocycles. The summed E-state index contributed by atoms with van der Waals surface area (Å²) in [5.41, 5.74) is 2.83. The van der Waals surface area contributed by atoms with Gasteiger partial charge in [-0.2, -0.15) is 0 Å². The van der Waals surface area contributed by atoms with Gasteiger partial charge in [-0.1, -0.05) is 41.9 Å². The maximum Gasteiger partial charge on any atom is 0.171 e. The summed E-state index contributed by atoms with van der Waals surface area (Å²) in [6.07, 6.45) is 0. The van der Waals surface area contributed by atoms with Crippen molar-refractivity contribution in [1.82, 2.24) is 9.97 Å². The summed E-state index contributed by atoms with van der Waals surface area (Å²) in [5, 5.41) is 2.51. The van der Waals surface area contributed by atoms with Crippen LogP contribution in [0.15, 0.2) is 46.3 Å². The molecule has 0 aliphatic heterocycles. The normalized spacial score (nSPS) is 10.8. The van der Waals surface area contributed by atoms with Crippen LogP contribution in [0.5, 0.6) is 0 Å². The van der Waals surface area contributed by atoms with Crippen LogP contribution in [-0.4, -0.2) is 9.97 Å². The molecule has 2 heterocycles. The smallest absolute Gasteiger partial charge is 0.171 e. The van der Waals surface area contributed by atoms with Crippen LogP contribution in [-0.2, 0) is 0 Å². The number of thiophene rings is 1.